The minimum Gasteiger partial charge on any atom is -0.339 e. The fraction of sp³-hybridized carbons (Fsp3) is 0.351. The number of carbonyl (C=O) groups is 2. The van der Waals surface area contributed by atoms with Gasteiger partial charge < -0.3 is 10.2 Å². The molecule has 8 nitrogen and oxygen atoms in total. The number of rotatable bonds is 7. The first-order valence-electron chi connectivity index (χ1n) is 15.6. The summed E-state index contributed by atoms with van der Waals surface area (Å²) in [6.07, 6.45) is 2.71. The third-order valence-corrected chi connectivity index (χ3v) is 8.44. The lowest BCUT2D eigenvalue weighted by molar-refractivity contribution is 0.0690. The highest BCUT2D eigenvalue weighted by atomic mass is 16.2. The van der Waals surface area contributed by atoms with Crippen LogP contribution in [0.1, 0.15) is 79.2 Å². The Morgan fingerprint density at radius 3 is 2.38 bits per heavy atom. The quantitative estimate of drug-likeness (QED) is 0.225. The van der Waals surface area contributed by atoms with Gasteiger partial charge in [-0.25, -0.2) is 9.48 Å². The van der Waals surface area contributed by atoms with Crippen LogP contribution in [-0.2, 0) is 11.8 Å². The van der Waals surface area contributed by atoms with Crippen molar-refractivity contribution in [1.29, 1.82) is 5.26 Å². The number of aromatic nitrogens is 2. The number of amides is 3. The molecule has 3 amide bonds. The van der Waals surface area contributed by atoms with Crippen molar-refractivity contribution in [2.45, 2.75) is 65.2 Å². The largest absolute Gasteiger partial charge is 0.339 e. The molecule has 0 bridgehead atoms. The topological polar surface area (TPSA) is 103 Å². The molecule has 1 atom stereocenters. The van der Waals surface area contributed by atoms with Crippen molar-refractivity contribution in [3.63, 3.8) is 0 Å². The number of hydrogen-bond acceptors (Lipinski definition) is 4. The lowest BCUT2D eigenvalue weighted by atomic mass is 9.89. The number of nitrogens with zero attached hydrogens (tertiary/aromatic N) is 4. The van der Waals surface area contributed by atoms with Gasteiger partial charge in [0, 0.05) is 35.8 Å². The molecule has 1 aromatic heterocycles. The second-order valence-electron chi connectivity index (χ2n) is 13.1. The Hall–Kier alpha value is -4.90. The van der Waals surface area contributed by atoms with Crippen molar-refractivity contribution < 1.29 is 9.59 Å². The highest BCUT2D eigenvalue weighted by molar-refractivity contribution is 5.99. The van der Waals surface area contributed by atoms with Gasteiger partial charge in [-0.3, -0.25) is 10.1 Å². The summed E-state index contributed by atoms with van der Waals surface area (Å²) >= 11 is 0. The molecule has 45 heavy (non-hydrogen) atoms. The van der Waals surface area contributed by atoms with Crippen LogP contribution in [0.15, 0.2) is 78.9 Å². The van der Waals surface area contributed by atoms with E-state index in [2.05, 4.69) is 43.5 Å². The summed E-state index contributed by atoms with van der Waals surface area (Å²) in [5, 5.41) is 20.1. The highest BCUT2D eigenvalue weighted by Gasteiger charge is 2.25. The zero-order chi connectivity index (χ0) is 32.1. The van der Waals surface area contributed by atoms with E-state index >= 15 is 0 Å². The van der Waals surface area contributed by atoms with Crippen LogP contribution in [0.3, 0.4) is 0 Å². The fourth-order valence-electron chi connectivity index (χ4n) is 5.65. The second kappa shape index (κ2) is 13.4. The van der Waals surface area contributed by atoms with Gasteiger partial charge in [0.2, 0.25) is 0 Å². The second-order valence-corrected chi connectivity index (χ2v) is 13.1. The van der Waals surface area contributed by atoms with Gasteiger partial charge in [0.25, 0.3) is 5.91 Å². The number of aryl methyl sites for hydroxylation is 1. The molecule has 8 heteroatoms. The summed E-state index contributed by atoms with van der Waals surface area (Å²) in [7, 11) is 0. The van der Waals surface area contributed by atoms with Crippen LogP contribution in [0, 0.1) is 24.2 Å². The Labute approximate surface area is 266 Å². The number of nitriles is 1. The molecule has 4 aromatic rings. The van der Waals surface area contributed by atoms with Crippen molar-refractivity contribution in [2.75, 3.05) is 23.7 Å². The molecule has 0 spiro atoms. The first-order valence-corrected chi connectivity index (χ1v) is 15.6. The highest BCUT2D eigenvalue weighted by Crippen LogP contribution is 2.28. The third-order valence-electron chi connectivity index (χ3n) is 8.44. The van der Waals surface area contributed by atoms with Gasteiger partial charge >= 0.3 is 6.03 Å². The van der Waals surface area contributed by atoms with Gasteiger partial charge in [-0.15, -0.1) is 0 Å². The van der Waals surface area contributed by atoms with E-state index < -0.39 is 0 Å². The maximum Gasteiger partial charge on any atom is 0.324 e. The maximum absolute atomic E-state index is 13.2. The minimum absolute atomic E-state index is 0.0241. The van der Waals surface area contributed by atoms with Crippen molar-refractivity contribution in [1.82, 2.24) is 14.7 Å². The van der Waals surface area contributed by atoms with Gasteiger partial charge in [-0.05, 0) is 86.6 Å². The van der Waals surface area contributed by atoms with Crippen LogP contribution < -0.4 is 10.6 Å². The van der Waals surface area contributed by atoms with Crippen LogP contribution in [0.25, 0.3) is 5.69 Å². The van der Waals surface area contributed by atoms with Crippen molar-refractivity contribution >= 4 is 23.4 Å². The molecular formula is C37H42N6O2. The standard InChI is InChI=1S/C37H42N6O2/c1-25-12-14-32(15-13-25)43-34(23-33(41-43)37(3,4)5)40-36(45)39-31-11-6-8-28(21-31)20-27-16-18-42(19-17-27)35(44)30-10-7-9-29(22-30)26(2)24-38/h6-15,21-23,26-27H,16-20H2,1-5H3,(H2,39,40,45). The molecule has 2 N–H and O–H groups in total. The van der Waals surface area contributed by atoms with Crippen molar-refractivity contribution in [2.24, 2.45) is 5.92 Å². The molecule has 1 aliphatic rings. The first-order chi connectivity index (χ1) is 21.5. The van der Waals surface area contributed by atoms with Gasteiger partial charge in [0.15, 0.2) is 0 Å². The van der Waals surface area contributed by atoms with Crippen LogP contribution >= 0.6 is 0 Å². The molecule has 0 aliphatic carbocycles. The third kappa shape index (κ3) is 7.79. The van der Waals surface area contributed by atoms with E-state index in [1.165, 1.54) is 0 Å². The number of benzene rings is 3. The Bertz CT molecular complexity index is 1700. The SMILES string of the molecule is Cc1ccc(-n2nc(C(C)(C)C)cc2NC(=O)Nc2cccc(CC3CCN(C(=O)c4cccc(C(C)C#N)c4)CC3)c2)cc1. The minimum atomic E-state index is -0.332. The Kier molecular flexibility index (Phi) is 9.38. The summed E-state index contributed by atoms with van der Waals surface area (Å²) in [6, 6.07) is 27.3. The molecule has 3 aromatic carbocycles. The fourth-order valence-corrected chi connectivity index (χ4v) is 5.65. The Morgan fingerprint density at radius 1 is 0.978 bits per heavy atom. The average molecular weight is 603 g/mol. The van der Waals surface area contributed by atoms with Crippen molar-refractivity contribution in [3.8, 4) is 11.8 Å². The number of urea groups is 1. The number of carbonyl (C=O) groups excluding carboxylic acids is 2. The molecule has 1 unspecified atom stereocenters. The lowest BCUT2D eigenvalue weighted by Gasteiger charge is -2.32. The van der Waals surface area contributed by atoms with Gasteiger partial charge in [-0.1, -0.05) is 62.7 Å². The van der Waals surface area contributed by atoms with Gasteiger partial charge in [0.05, 0.1) is 23.4 Å². The molecule has 1 saturated heterocycles. The molecule has 1 fully saturated rings. The van der Waals surface area contributed by atoms with Crippen LogP contribution in [-0.4, -0.2) is 39.7 Å². The van der Waals surface area contributed by atoms with Crippen LogP contribution in [0.2, 0.25) is 0 Å². The smallest absolute Gasteiger partial charge is 0.324 e. The number of piperidine rings is 1. The van der Waals surface area contributed by atoms with E-state index in [4.69, 9.17) is 5.10 Å². The van der Waals surface area contributed by atoms with Crippen LogP contribution in [0.4, 0.5) is 16.3 Å². The number of nitrogens with one attached hydrogen (secondary N) is 2. The summed E-state index contributed by atoms with van der Waals surface area (Å²) in [6.45, 7) is 11.6. The predicted octanol–water partition coefficient (Wildman–Crippen LogP) is 7.84. The zero-order valence-electron chi connectivity index (χ0n) is 26.8. The number of anilines is 2. The molecular weight excluding hydrogens is 560 g/mol. The number of hydrogen-bond donors (Lipinski definition) is 2. The van der Waals surface area contributed by atoms with E-state index in [0.717, 1.165) is 53.0 Å². The van der Waals surface area contributed by atoms with E-state index in [1.54, 1.807) is 4.68 Å². The van der Waals surface area contributed by atoms with E-state index in [0.29, 0.717) is 30.4 Å². The molecule has 1 aliphatic heterocycles. The van der Waals surface area contributed by atoms with Gasteiger partial charge in [0.1, 0.15) is 5.82 Å². The summed E-state index contributed by atoms with van der Waals surface area (Å²) in [5.74, 6) is 0.826. The predicted molar refractivity (Wildman–Crippen MR) is 179 cm³/mol. The zero-order valence-corrected chi connectivity index (χ0v) is 26.8. The molecule has 0 radical (unpaired) electrons. The average Bonchev–Trinajstić information content (AvgIpc) is 3.45. The molecule has 232 valence electrons. The number of likely N-dealkylation sites (tertiary alicyclic amines) is 1. The molecule has 0 saturated carbocycles. The van der Waals surface area contributed by atoms with Crippen LogP contribution in [0.5, 0.6) is 0 Å². The summed E-state index contributed by atoms with van der Waals surface area (Å²) in [4.78, 5) is 28.2. The first kappa shape index (κ1) is 31.5. The normalized spacial score (nSPS) is 14.4. The van der Waals surface area contributed by atoms with E-state index in [9.17, 15) is 14.9 Å². The van der Waals surface area contributed by atoms with Gasteiger partial charge in [-0.2, -0.15) is 10.4 Å². The van der Waals surface area contributed by atoms with E-state index in [-0.39, 0.29) is 23.3 Å². The lowest BCUT2D eigenvalue weighted by Crippen LogP contribution is -2.39. The monoisotopic (exact) mass is 602 g/mol. The molecule has 5 rings (SSSR count). The van der Waals surface area contributed by atoms with Crippen molar-refractivity contribution in [3.05, 3.63) is 107 Å². The summed E-state index contributed by atoms with van der Waals surface area (Å²) in [5.41, 5.74) is 6.12. The van der Waals surface area contributed by atoms with E-state index in [1.807, 2.05) is 91.5 Å². The Morgan fingerprint density at radius 2 is 1.69 bits per heavy atom. The summed E-state index contributed by atoms with van der Waals surface area (Å²) < 4.78 is 1.77. The maximum atomic E-state index is 13.2. The molecule has 2 heterocycles. The Balaban J connectivity index is 1.19.